The SMILES string of the molecule is Oc1ccc(CNCc2sc3ccccc3c2Cl)cc1. The quantitative estimate of drug-likeness (QED) is 0.741. The van der Waals surface area contributed by atoms with Gasteiger partial charge in [0, 0.05) is 28.1 Å². The molecule has 0 amide bonds. The Labute approximate surface area is 126 Å². The van der Waals surface area contributed by atoms with Crippen LogP contribution in [0.25, 0.3) is 10.1 Å². The zero-order chi connectivity index (χ0) is 13.9. The average Bonchev–Trinajstić information content (AvgIpc) is 2.78. The molecule has 20 heavy (non-hydrogen) atoms. The number of phenolic OH excluding ortho intramolecular Hbond substituents is 1. The first-order valence-electron chi connectivity index (χ1n) is 6.38. The van der Waals surface area contributed by atoms with Gasteiger partial charge in [-0.15, -0.1) is 11.3 Å². The summed E-state index contributed by atoms with van der Waals surface area (Å²) in [5.41, 5.74) is 1.14. The summed E-state index contributed by atoms with van der Waals surface area (Å²) in [6.07, 6.45) is 0. The molecular weight excluding hydrogens is 290 g/mol. The van der Waals surface area contributed by atoms with Gasteiger partial charge in [0.2, 0.25) is 0 Å². The maximum absolute atomic E-state index is 9.24. The van der Waals surface area contributed by atoms with Crippen molar-refractivity contribution in [2.24, 2.45) is 0 Å². The number of halogens is 1. The number of benzene rings is 2. The minimum Gasteiger partial charge on any atom is -0.508 e. The van der Waals surface area contributed by atoms with E-state index in [9.17, 15) is 5.11 Å². The first-order valence-corrected chi connectivity index (χ1v) is 7.58. The Kier molecular flexibility index (Phi) is 3.92. The van der Waals surface area contributed by atoms with Crippen LogP contribution in [0.15, 0.2) is 48.5 Å². The van der Waals surface area contributed by atoms with Crippen LogP contribution in [0.5, 0.6) is 5.75 Å². The molecule has 3 aromatic rings. The third-order valence-electron chi connectivity index (χ3n) is 3.15. The Morgan fingerprint density at radius 3 is 2.50 bits per heavy atom. The monoisotopic (exact) mass is 303 g/mol. The Bertz CT molecular complexity index is 721. The first kappa shape index (κ1) is 13.4. The lowest BCUT2D eigenvalue weighted by molar-refractivity contribution is 0.475. The van der Waals surface area contributed by atoms with Crippen molar-refractivity contribution in [1.29, 1.82) is 0 Å². The number of hydrogen-bond donors (Lipinski definition) is 2. The van der Waals surface area contributed by atoms with Crippen molar-refractivity contribution in [3.8, 4) is 5.75 Å². The predicted octanol–water partition coefficient (Wildman–Crippen LogP) is 4.55. The second kappa shape index (κ2) is 5.83. The van der Waals surface area contributed by atoms with Gasteiger partial charge in [-0.3, -0.25) is 0 Å². The summed E-state index contributed by atoms with van der Waals surface area (Å²) >= 11 is 8.12. The molecule has 0 fully saturated rings. The molecule has 0 bridgehead atoms. The summed E-state index contributed by atoms with van der Waals surface area (Å²) < 4.78 is 1.22. The minimum absolute atomic E-state index is 0.293. The predicted molar refractivity (Wildman–Crippen MR) is 85.5 cm³/mol. The van der Waals surface area contributed by atoms with Crippen molar-refractivity contribution in [2.45, 2.75) is 13.1 Å². The van der Waals surface area contributed by atoms with E-state index in [1.807, 2.05) is 24.3 Å². The molecule has 102 valence electrons. The van der Waals surface area contributed by atoms with Gasteiger partial charge in [0.05, 0.1) is 5.02 Å². The zero-order valence-electron chi connectivity index (χ0n) is 10.8. The maximum atomic E-state index is 9.24. The Morgan fingerprint density at radius 2 is 1.75 bits per heavy atom. The van der Waals surface area contributed by atoms with Crippen molar-refractivity contribution >= 4 is 33.0 Å². The minimum atomic E-state index is 0.293. The van der Waals surface area contributed by atoms with E-state index in [4.69, 9.17) is 11.6 Å². The van der Waals surface area contributed by atoms with Crippen molar-refractivity contribution in [2.75, 3.05) is 0 Å². The number of phenols is 1. The molecule has 4 heteroatoms. The standard InChI is InChI=1S/C16H14ClNOS/c17-16-13-3-1-2-4-14(13)20-15(16)10-18-9-11-5-7-12(19)8-6-11/h1-8,18-19H,9-10H2. The Balaban J connectivity index is 1.68. The lowest BCUT2D eigenvalue weighted by atomic mass is 10.2. The lowest BCUT2D eigenvalue weighted by Crippen LogP contribution is -2.11. The molecule has 0 spiro atoms. The molecule has 0 aliphatic rings. The summed E-state index contributed by atoms with van der Waals surface area (Å²) in [5, 5.41) is 14.6. The molecule has 0 saturated carbocycles. The van der Waals surface area contributed by atoms with E-state index in [1.165, 1.54) is 4.70 Å². The summed E-state index contributed by atoms with van der Waals surface area (Å²) in [6.45, 7) is 1.50. The third kappa shape index (κ3) is 2.80. The van der Waals surface area contributed by atoms with Gasteiger partial charge in [-0.05, 0) is 23.8 Å². The van der Waals surface area contributed by atoms with Crippen LogP contribution in [0.3, 0.4) is 0 Å². The van der Waals surface area contributed by atoms with Gasteiger partial charge < -0.3 is 10.4 Å². The number of rotatable bonds is 4. The molecule has 0 saturated heterocycles. The Morgan fingerprint density at radius 1 is 1.00 bits per heavy atom. The van der Waals surface area contributed by atoms with Crippen LogP contribution in [0, 0.1) is 0 Å². The molecule has 2 aromatic carbocycles. The topological polar surface area (TPSA) is 32.3 Å². The van der Waals surface area contributed by atoms with Gasteiger partial charge in [0.15, 0.2) is 0 Å². The summed E-state index contributed by atoms with van der Waals surface area (Å²) in [6, 6.07) is 15.4. The second-order valence-electron chi connectivity index (χ2n) is 4.61. The molecule has 0 unspecified atom stereocenters. The number of hydrogen-bond acceptors (Lipinski definition) is 3. The number of fused-ring (bicyclic) bond motifs is 1. The molecule has 0 atom stereocenters. The summed E-state index contributed by atoms with van der Waals surface area (Å²) in [4.78, 5) is 1.16. The molecule has 0 aliphatic carbocycles. The van der Waals surface area contributed by atoms with Gasteiger partial charge in [0.1, 0.15) is 5.75 Å². The van der Waals surface area contributed by atoms with E-state index >= 15 is 0 Å². The molecule has 0 radical (unpaired) electrons. The van der Waals surface area contributed by atoms with E-state index < -0.39 is 0 Å². The second-order valence-corrected chi connectivity index (χ2v) is 6.12. The fraction of sp³-hybridized carbons (Fsp3) is 0.125. The van der Waals surface area contributed by atoms with Gasteiger partial charge in [0.25, 0.3) is 0 Å². The molecule has 2 nitrogen and oxygen atoms in total. The number of thiophene rings is 1. The maximum Gasteiger partial charge on any atom is 0.115 e. The third-order valence-corrected chi connectivity index (χ3v) is 4.87. The van der Waals surface area contributed by atoms with Crippen LogP contribution in [0.1, 0.15) is 10.4 Å². The average molecular weight is 304 g/mol. The molecule has 3 rings (SSSR count). The molecular formula is C16H14ClNOS. The molecule has 1 aromatic heterocycles. The highest BCUT2D eigenvalue weighted by atomic mass is 35.5. The highest BCUT2D eigenvalue weighted by molar-refractivity contribution is 7.19. The van der Waals surface area contributed by atoms with E-state index in [-0.39, 0.29) is 0 Å². The van der Waals surface area contributed by atoms with Crippen LogP contribution in [-0.4, -0.2) is 5.11 Å². The zero-order valence-corrected chi connectivity index (χ0v) is 12.3. The smallest absolute Gasteiger partial charge is 0.115 e. The van der Waals surface area contributed by atoms with Crippen LogP contribution < -0.4 is 5.32 Å². The van der Waals surface area contributed by atoms with E-state index in [0.29, 0.717) is 5.75 Å². The van der Waals surface area contributed by atoms with Crippen LogP contribution in [0.4, 0.5) is 0 Å². The van der Waals surface area contributed by atoms with Gasteiger partial charge in [-0.1, -0.05) is 41.9 Å². The first-order chi connectivity index (χ1) is 9.74. The highest BCUT2D eigenvalue weighted by Gasteiger charge is 2.08. The van der Waals surface area contributed by atoms with Crippen molar-refractivity contribution in [3.05, 3.63) is 64.0 Å². The largest absolute Gasteiger partial charge is 0.508 e. The highest BCUT2D eigenvalue weighted by Crippen LogP contribution is 2.34. The summed E-state index contributed by atoms with van der Waals surface area (Å²) in [7, 11) is 0. The molecule has 1 heterocycles. The Hall–Kier alpha value is -1.55. The van der Waals surface area contributed by atoms with Crippen LogP contribution in [0.2, 0.25) is 5.02 Å². The van der Waals surface area contributed by atoms with Crippen molar-refractivity contribution in [1.82, 2.24) is 5.32 Å². The fourth-order valence-corrected chi connectivity index (χ4v) is 3.58. The van der Waals surface area contributed by atoms with Gasteiger partial charge in [-0.25, -0.2) is 0 Å². The van der Waals surface area contributed by atoms with Gasteiger partial charge in [-0.2, -0.15) is 0 Å². The lowest BCUT2D eigenvalue weighted by Gasteiger charge is -2.04. The van der Waals surface area contributed by atoms with E-state index in [1.54, 1.807) is 23.5 Å². The van der Waals surface area contributed by atoms with E-state index in [0.717, 1.165) is 33.9 Å². The van der Waals surface area contributed by atoms with Crippen LogP contribution >= 0.6 is 22.9 Å². The van der Waals surface area contributed by atoms with E-state index in [2.05, 4.69) is 17.4 Å². The van der Waals surface area contributed by atoms with Crippen LogP contribution in [-0.2, 0) is 13.1 Å². The molecule has 0 aliphatic heterocycles. The number of nitrogens with one attached hydrogen (secondary N) is 1. The normalized spacial score (nSPS) is 11.1. The fourth-order valence-electron chi connectivity index (χ4n) is 2.11. The van der Waals surface area contributed by atoms with Crippen molar-refractivity contribution in [3.63, 3.8) is 0 Å². The summed E-state index contributed by atoms with van der Waals surface area (Å²) in [5.74, 6) is 0.293. The van der Waals surface area contributed by atoms with Crippen molar-refractivity contribution < 1.29 is 5.11 Å². The molecule has 2 N–H and O–H groups in total. The number of aromatic hydroxyl groups is 1. The van der Waals surface area contributed by atoms with Gasteiger partial charge >= 0.3 is 0 Å².